The molecule has 0 fully saturated rings. The molecule has 20 heavy (non-hydrogen) atoms. The number of ether oxygens (including phenoxy) is 2. The maximum atomic E-state index is 11.5. The molecule has 0 bridgehead atoms. The first-order chi connectivity index (χ1) is 9.74. The standard InChI is InChI=1S/C14H15N3O3/c15-11-2-4-12(5-3-11)19-9-6-14(18)20-10-13-16-7-1-8-17-13/h1-5,7-8H,6,9-10,15H2. The van der Waals surface area contributed by atoms with Crippen molar-refractivity contribution >= 4 is 11.7 Å². The van der Waals surface area contributed by atoms with Gasteiger partial charge in [-0.25, -0.2) is 9.97 Å². The van der Waals surface area contributed by atoms with Crippen molar-refractivity contribution in [2.45, 2.75) is 13.0 Å². The van der Waals surface area contributed by atoms with Gasteiger partial charge in [-0.05, 0) is 30.3 Å². The number of hydrogen-bond acceptors (Lipinski definition) is 6. The van der Waals surface area contributed by atoms with Gasteiger partial charge in [-0.15, -0.1) is 0 Å². The zero-order valence-corrected chi connectivity index (χ0v) is 10.9. The molecular formula is C14H15N3O3. The van der Waals surface area contributed by atoms with Crippen molar-refractivity contribution in [3.05, 3.63) is 48.5 Å². The number of hydrogen-bond donors (Lipinski definition) is 1. The van der Waals surface area contributed by atoms with Crippen LogP contribution < -0.4 is 10.5 Å². The summed E-state index contributed by atoms with van der Waals surface area (Å²) in [4.78, 5) is 19.4. The fourth-order valence-corrected chi connectivity index (χ4v) is 1.44. The Morgan fingerprint density at radius 2 is 1.85 bits per heavy atom. The molecule has 2 N–H and O–H groups in total. The normalized spacial score (nSPS) is 10.0. The van der Waals surface area contributed by atoms with Gasteiger partial charge in [0, 0.05) is 18.1 Å². The summed E-state index contributed by atoms with van der Waals surface area (Å²) < 4.78 is 10.4. The Labute approximate surface area is 116 Å². The van der Waals surface area contributed by atoms with Crippen LogP contribution in [0.5, 0.6) is 5.75 Å². The minimum absolute atomic E-state index is 0.0710. The van der Waals surface area contributed by atoms with Gasteiger partial charge in [0.15, 0.2) is 12.4 Å². The van der Waals surface area contributed by atoms with Gasteiger partial charge in [0.05, 0.1) is 13.0 Å². The van der Waals surface area contributed by atoms with Crippen LogP contribution in [0.1, 0.15) is 12.2 Å². The molecule has 1 aromatic carbocycles. The van der Waals surface area contributed by atoms with E-state index < -0.39 is 0 Å². The topological polar surface area (TPSA) is 87.3 Å². The van der Waals surface area contributed by atoms with Gasteiger partial charge in [0.25, 0.3) is 0 Å². The van der Waals surface area contributed by atoms with E-state index in [1.165, 1.54) is 0 Å². The quantitative estimate of drug-likeness (QED) is 0.635. The van der Waals surface area contributed by atoms with E-state index in [9.17, 15) is 4.79 Å². The highest BCUT2D eigenvalue weighted by molar-refractivity contribution is 5.69. The second kappa shape index (κ2) is 7.08. The number of rotatable bonds is 6. The zero-order chi connectivity index (χ0) is 14.2. The molecule has 0 aliphatic carbocycles. The number of carbonyl (C=O) groups is 1. The van der Waals surface area contributed by atoms with Crippen molar-refractivity contribution in [2.24, 2.45) is 0 Å². The predicted octanol–water partition coefficient (Wildman–Crippen LogP) is 1.57. The van der Waals surface area contributed by atoms with Crippen molar-refractivity contribution in [3.63, 3.8) is 0 Å². The van der Waals surface area contributed by atoms with Crippen LogP contribution in [0.4, 0.5) is 5.69 Å². The smallest absolute Gasteiger partial charge is 0.309 e. The van der Waals surface area contributed by atoms with E-state index in [2.05, 4.69) is 9.97 Å². The van der Waals surface area contributed by atoms with Crippen LogP contribution in [-0.2, 0) is 16.1 Å². The Kier molecular flexibility index (Phi) is 4.88. The summed E-state index contributed by atoms with van der Waals surface area (Å²) in [6, 6.07) is 8.67. The second-order valence-corrected chi connectivity index (χ2v) is 3.99. The van der Waals surface area contributed by atoms with Gasteiger partial charge in [-0.1, -0.05) is 0 Å². The number of esters is 1. The van der Waals surface area contributed by atoms with Crippen molar-refractivity contribution in [1.29, 1.82) is 0 Å². The predicted molar refractivity (Wildman–Crippen MR) is 72.8 cm³/mol. The number of anilines is 1. The van der Waals surface area contributed by atoms with Crippen molar-refractivity contribution in [1.82, 2.24) is 9.97 Å². The first-order valence-corrected chi connectivity index (χ1v) is 6.14. The number of benzene rings is 1. The summed E-state index contributed by atoms with van der Waals surface area (Å²) in [5, 5.41) is 0. The molecule has 0 aliphatic heterocycles. The summed E-state index contributed by atoms with van der Waals surface area (Å²) in [6.45, 7) is 0.319. The molecule has 0 atom stereocenters. The highest BCUT2D eigenvalue weighted by Crippen LogP contribution is 2.13. The molecule has 2 aromatic rings. The van der Waals surface area contributed by atoms with Crippen LogP contribution in [0.3, 0.4) is 0 Å². The molecule has 6 nitrogen and oxygen atoms in total. The van der Waals surface area contributed by atoms with Crippen LogP contribution in [0, 0.1) is 0 Å². The number of nitrogen functional groups attached to an aromatic ring is 1. The first kappa shape index (κ1) is 13.8. The van der Waals surface area contributed by atoms with E-state index in [4.69, 9.17) is 15.2 Å². The maximum absolute atomic E-state index is 11.5. The highest BCUT2D eigenvalue weighted by Gasteiger charge is 2.05. The SMILES string of the molecule is Nc1ccc(OCCC(=O)OCc2ncccn2)cc1. The Bertz CT molecular complexity index is 543. The third-order valence-corrected chi connectivity index (χ3v) is 2.44. The van der Waals surface area contributed by atoms with E-state index >= 15 is 0 Å². The van der Waals surface area contributed by atoms with Crippen molar-refractivity contribution in [3.8, 4) is 5.75 Å². The van der Waals surface area contributed by atoms with Gasteiger partial charge in [0.2, 0.25) is 0 Å². The molecular weight excluding hydrogens is 258 g/mol. The first-order valence-electron chi connectivity index (χ1n) is 6.14. The fourth-order valence-electron chi connectivity index (χ4n) is 1.44. The molecule has 0 spiro atoms. The van der Waals surface area contributed by atoms with Gasteiger partial charge in [0.1, 0.15) is 5.75 Å². The molecule has 0 saturated heterocycles. The Morgan fingerprint density at radius 3 is 2.55 bits per heavy atom. The van der Waals surface area contributed by atoms with Crippen molar-refractivity contribution < 1.29 is 14.3 Å². The molecule has 1 heterocycles. The lowest BCUT2D eigenvalue weighted by molar-refractivity contribution is -0.145. The number of aromatic nitrogens is 2. The molecule has 0 saturated carbocycles. The van der Waals surface area contributed by atoms with Crippen LogP contribution in [0.2, 0.25) is 0 Å². The summed E-state index contributed by atoms with van der Waals surface area (Å²) in [5.74, 6) is 0.784. The molecule has 2 rings (SSSR count). The Hall–Kier alpha value is -2.63. The van der Waals surface area contributed by atoms with Gasteiger partial charge in [-0.3, -0.25) is 4.79 Å². The largest absolute Gasteiger partial charge is 0.493 e. The summed E-state index contributed by atoms with van der Waals surface area (Å²) >= 11 is 0. The number of nitrogens with zero attached hydrogens (tertiary/aromatic N) is 2. The van der Waals surface area contributed by atoms with E-state index in [1.54, 1.807) is 42.7 Å². The monoisotopic (exact) mass is 273 g/mol. The lowest BCUT2D eigenvalue weighted by atomic mass is 10.3. The second-order valence-electron chi connectivity index (χ2n) is 3.99. The third kappa shape index (κ3) is 4.56. The lowest BCUT2D eigenvalue weighted by Gasteiger charge is -2.06. The van der Waals surface area contributed by atoms with Gasteiger partial charge < -0.3 is 15.2 Å². The van der Waals surface area contributed by atoms with Crippen molar-refractivity contribution in [2.75, 3.05) is 12.3 Å². The molecule has 0 radical (unpaired) electrons. The van der Waals surface area contributed by atoms with E-state index in [0.717, 1.165) is 0 Å². The van der Waals surface area contributed by atoms with E-state index in [-0.39, 0.29) is 25.6 Å². The van der Waals surface area contributed by atoms with Crippen LogP contribution in [0.15, 0.2) is 42.7 Å². The van der Waals surface area contributed by atoms with Crippen LogP contribution in [-0.4, -0.2) is 22.5 Å². The zero-order valence-electron chi connectivity index (χ0n) is 10.9. The summed E-state index contributed by atoms with van der Waals surface area (Å²) in [5.41, 5.74) is 6.22. The van der Waals surface area contributed by atoms with Gasteiger partial charge >= 0.3 is 5.97 Å². The van der Waals surface area contributed by atoms with Gasteiger partial charge in [-0.2, -0.15) is 0 Å². The van der Waals surface area contributed by atoms with Crippen LogP contribution >= 0.6 is 0 Å². The minimum atomic E-state index is -0.354. The molecule has 0 amide bonds. The molecule has 1 aromatic heterocycles. The lowest BCUT2D eigenvalue weighted by Crippen LogP contribution is -2.11. The molecule has 104 valence electrons. The molecule has 0 unspecified atom stereocenters. The molecule has 6 heteroatoms. The average molecular weight is 273 g/mol. The average Bonchev–Trinajstić information content (AvgIpc) is 2.48. The molecule has 0 aliphatic rings. The highest BCUT2D eigenvalue weighted by atomic mass is 16.5. The summed E-state index contributed by atoms with van der Waals surface area (Å²) in [6.07, 6.45) is 3.36. The Balaban J connectivity index is 1.66. The number of carbonyl (C=O) groups excluding carboxylic acids is 1. The van der Waals surface area contributed by atoms with E-state index in [1.807, 2.05) is 0 Å². The fraction of sp³-hybridized carbons (Fsp3) is 0.214. The maximum Gasteiger partial charge on any atom is 0.309 e. The minimum Gasteiger partial charge on any atom is -0.493 e. The third-order valence-electron chi connectivity index (χ3n) is 2.44. The van der Waals surface area contributed by atoms with Crippen LogP contribution in [0.25, 0.3) is 0 Å². The summed E-state index contributed by atoms with van der Waals surface area (Å²) in [7, 11) is 0. The Morgan fingerprint density at radius 1 is 1.15 bits per heavy atom. The number of nitrogens with two attached hydrogens (primary N) is 1. The van der Waals surface area contributed by atoms with E-state index in [0.29, 0.717) is 17.3 Å².